The fraction of sp³-hybridized carbons (Fsp3) is 0.500. The van der Waals surface area contributed by atoms with Crippen LogP contribution in [0.3, 0.4) is 0 Å². The van der Waals surface area contributed by atoms with Crippen molar-refractivity contribution in [2.45, 2.75) is 32.2 Å². The SMILES string of the molecule is CCC(CC(N)=NO)N(C)CCc1ccccc1. The molecular weight excluding hydrogens is 226 g/mol. The third-order valence-corrected chi connectivity index (χ3v) is 3.26. The Morgan fingerprint density at radius 2 is 2.06 bits per heavy atom. The summed E-state index contributed by atoms with van der Waals surface area (Å²) in [6.07, 6.45) is 2.61. The molecule has 0 spiro atoms. The van der Waals surface area contributed by atoms with Gasteiger partial charge in [0.25, 0.3) is 0 Å². The molecular formula is C14H23N3O. The molecule has 0 saturated carbocycles. The molecule has 0 aliphatic heterocycles. The van der Waals surface area contributed by atoms with Gasteiger partial charge in [0.2, 0.25) is 0 Å². The number of benzene rings is 1. The highest BCUT2D eigenvalue weighted by Gasteiger charge is 2.14. The molecule has 0 aliphatic rings. The molecule has 1 rings (SSSR count). The number of hydrogen-bond donors (Lipinski definition) is 2. The molecule has 0 radical (unpaired) electrons. The Kier molecular flexibility index (Phi) is 6.22. The molecule has 0 fully saturated rings. The lowest BCUT2D eigenvalue weighted by Crippen LogP contribution is -2.36. The lowest BCUT2D eigenvalue weighted by atomic mass is 10.1. The molecule has 0 saturated heterocycles. The van der Waals surface area contributed by atoms with E-state index in [0.29, 0.717) is 18.3 Å². The molecule has 3 N–H and O–H groups in total. The Labute approximate surface area is 109 Å². The molecule has 0 aromatic heterocycles. The molecule has 1 aromatic carbocycles. The van der Waals surface area contributed by atoms with Crippen LogP contribution in [0.15, 0.2) is 35.5 Å². The number of nitrogens with two attached hydrogens (primary N) is 1. The summed E-state index contributed by atoms with van der Waals surface area (Å²) in [7, 11) is 2.09. The summed E-state index contributed by atoms with van der Waals surface area (Å²) >= 11 is 0. The first-order chi connectivity index (χ1) is 8.67. The summed E-state index contributed by atoms with van der Waals surface area (Å²) in [5.74, 6) is 0.299. The zero-order chi connectivity index (χ0) is 13.4. The predicted molar refractivity (Wildman–Crippen MR) is 74.9 cm³/mol. The van der Waals surface area contributed by atoms with Gasteiger partial charge in [-0.05, 0) is 25.5 Å². The predicted octanol–water partition coefficient (Wildman–Crippen LogP) is 2.08. The number of amidine groups is 1. The highest BCUT2D eigenvalue weighted by molar-refractivity contribution is 5.80. The van der Waals surface area contributed by atoms with Gasteiger partial charge in [-0.1, -0.05) is 42.4 Å². The average molecular weight is 249 g/mol. The zero-order valence-electron chi connectivity index (χ0n) is 11.2. The van der Waals surface area contributed by atoms with Crippen molar-refractivity contribution in [3.63, 3.8) is 0 Å². The van der Waals surface area contributed by atoms with Gasteiger partial charge in [0.15, 0.2) is 0 Å². The maximum atomic E-state index is 8.61. The van der Waals surface area contributed by atoms with Crippen molar-refractivity contribution in [1.82, 2.24) is 4.90 Å². The number of oxime groups is 1. The molecule has 0 aliphatic carbocycles. The molecule has 4 nitrogen and oxygen atoms in total. The second-order valence-electron chi connectivity index (χ2n) is 4.57. The summed E-state index contributed by atoms with van der Waals surface area (Å²) in [6.45, 7) is 3.09. The lowest BCUT2D eigenvalue weighted by molar-refractivity contribution is 0.240. The highest BCUT2D eigenvalue weighted by Crippen LogP contribution is 2.08. The topological polar surface area (TPSA) is 61.9 Å². The van der Waals surface area contributed by atoms with Crippen LogP contribution in [-0.2, 0) is 6.42 Å². The fourth-order valence-electron chi connectivity index (χ4n) is 2.03. The van der Waals surface area contributed by atoms with E-state index < -0.39 is 0 Å². The summed E-state index contributed by atoms with van der Waals surface area (Å²) in [6, 6.07) is 10.7. The summed E-state index contributed by atoms with van der Waals surface area (Å²) in [4.78, 5) is 2.27. The Bertz CT molecular complexity index is 365. The van der Waals surface area contributed by atoms with Crippen LogP contribution in [0, 0.1) is 0 Å². The fourth-order valence-corrected chi connectivity index (χ4v) is 2.03. The highest BCUT2D eigenvalue weighted by atomic mass is 16.4. The van der Waals surface area contributed by atoms with Gasteiger partial charge in [0, 0.05) is 19.0 Å². The minimum atomic E-state index is 0.299. The van der Waals surface area contributed by atoms with Crippen molar-refractivity contribution in [2.75, 3.05) is 13.6 Å². The number of likely N-dealkylation sites (N-methyl/N-ethyl adjacent to an activating group) is 1. The van der Waals surface area contributed by atoms with Crippen molar-refractivity contribution in [3.8, 4) is 0 Å². The van der Waals surface area contributed by atoms with Crippen molar-refractivity contribution in [1.29, 1.82) is 0 Å². The standard InChI is InChI=1S/C14H23N3O/c1-3-13(11-14(15)16-18)17(2)10-9-12-7-5-4-6-8-12/h4-8,13,18H,3,9-11H2,1-2H3,(H2,15,16). The summed E-state index contributed by atoms with van der Waals surface area (Å²) in [5.41, 5.74) is 6.90. The van der Waals surface area contributed by atoms with Crippen LogP contribution >= 0.6 is 0 Å². The van der Waals surface area contributed by atoms with Crippen LogP contribution in [0.4, 0.5) is 0 Å². The van der Waals surface area contributed by atoms with Crippen LogP contribution in [0.25, 0.3) is 0 Å². The van der Waals surface area contributed by atoms with Crippen LogP contribution in [0.1, 0.15) is 25.3 Å². The second-order valence-corrected chi connectivity index (χ2v) is 4.57. The third-order valence-electron chi connectivity index (χ3n) is 3.26. The van der Waals surface area contributed by atoms with Gasteiger partial charge in [-0.15, -0.1) is 0 Å². The van der Waals surface area contributed by atoms with E-state index in [4.69, 9.17) is 10.9 Å². The van der Waals surface area contributed by atoms with E-state index in [1.54, 1.807) is 0 Å². The van der Waals surface area contributed by atoms with Crippen molar-refractivity contribution in [3.05, 3.63) is 35.9 Å². The monoisotopic (exact) mass is 249 g/mol. The largest absolute Gasteiger partial charge is 0.409 e. The number of rotatable bonds is 7. The smallest absolute Gasteiger partial charge is 0.140 e. The molecule has 18 heavy (non-hydrogen) atoms. The number of hydrogen-bond acceptors (Lipinski definition) is 3. The van der Waals surface area contributed by atoms with Gasteiger partial charge in [0.1, 0.15) is 5.84 Å². The van der Waals surface area contributed by atoms with E-state index in [0.717, 1.165) is 19.4 Å². The van der Waals surface area contributed by atoms with Crippen LogP contribution in [-0.4, -0.2) is 35.6 Å². The van der Waals surface area contributed by atoms with Crippen molar-refractivity contribution >= 4 is 5.84 Å². The van der Waals surface area contributed by atoms with Gasteiger partial charge in [0.05, 0.1) is 0 Å². The van der Waals surface area contributed by atoms with Gasteiger partial charge in [-0.3, -0.25) is 0 Å². The van der Waals surface area contributed by atoms with E-state index in [9.17, 15) is 0 Å². The molecule has 1 aromatic rings. The summed E-state index contributed by atoms with van der Waals surface area (Å²) in [5, 5.41) is 11.7. The minimum Gasteiger partial charge on any atom is -0.409 e. The maximum absolute atomic E-state index is 8.61. The van der Waals surface area contributed by atoms with Crippen molar-refractivity contribution in [2.24, 2.45) is 10.9 Å². The van der Waals surface area contributed by atoms with E-state index >= 15 is 0 Å². The van der Waals surface area contributed by atoms with Crippen LogP contribution < -0.4 is 5.73 Å². The van der Waals surface area contributed by atoms with E-state index in [-0.39, 0.29) is 0 Å². The van der Waals surface area contributed by atoms with E-state index in [1.807, 2.05) is 6.07 Å². The second kappa shape index (κ2) is 7.71. The van der Waals surface area contributed by atoms with E-state index in [2.05, 4.69) is 48.3 Å². The third kappa shape index (κ3) is 4.75. The zero-order valence-corrected chi connectivity index (χ0v) is 11.2. The molecule has 1 atom stereocenters. The molecule has 100 valence electrons. The first kappa shape index (κ1) is 14.5. The molecule has 0 heterocycles. The van der Waals surface area contributed by atoms with Crippen LogP contribution in [0.2, 0.25) is 0 Å². The Morgan fingerprint density at radius 1 is 1.39 bits per heavy atom. The molecule has 1 unspecified atom stereocenters. The minimum absolute atomic E-state index is 0.299. The van der Waals surface area contributed by atoms with Gasteiger partial charge >= 0.3 is 0 Å². The molecule has 4 heteroatoms. The molecule has 0 bridgehead atoms. The Balaban J connectivity index is 2.45. The van der Waals surface area contributed by atoms with Gasteiger partial charge in [-0.2, -0.15) is 0 Å². The number of nitrogens with zero attached hydrogens (tertiary/aromatic N) is 2. The van der Waals surface area contributed by atoms with E-state index in [1.165, 1.54) is 5.56 Å². The van der Waals surface area contributed by atoms with Crippen LogP contribution in [0.5, 0.6) is 0 Å². The quantitative estimate of drug-likeness (QED) is 0.336. The average Bonchev–Trinajstić information content (AvgIpc) is 2.42. The van der Waals surface area contributed by atoms with Gasteiger partial charge < -0.3 is 15.8 Å². The van der Waals surface area contributed by atoms with Crippen molar-refractivity contribution < 1.29 is 5.21 Å². The normalized spacial score (nSPS) is 13.8. The first-order valence-electron chi connectivity index (χ1n) is 6.38. The Morgan fingerprint density at radius 3 is 2.61 bits per heavy atom. The lowest BCUT2D eigenvalue weighted by Gasteiger charge is -2.26. The summed E-state index contributed by atoms with van der Waals surface area (Å²) < 4.78 is 0. The Hall–Kier alpha value is -1.55. The van der Waals surface area contributed by atoms with Gasteiger partial charge in [-0.25, -0.2) is 0 Å². The maximum Gasteiger partial charge on any atom is 0.140 e. The first-order valence-corrected chi connectivity index (χ1v) is 6.38. The molecule has 0 amide bonds.